The number of aromatic nitrogens is 2. The molecule has 2 aromatic heterocycles. The Morgan fingerprint density at radius 3 is 2.78 bits per heavy atom. The van der Waals surface area contributed by atoms with Crippen molar-refractivity contribution in [2.24, 2.45) is 0 Å². The molecule has 9 heteroatoms. The Hall–Kier alpha value is -2.93. The summed E-state index contributed by atoms with van der Waals surface area (Å²) in [5.41, 5.74) is 2.61. The Morgan fingerprint density at radius 2 is 2.06 bits per heavy atom. The molecule has 0 amide bonds. The molecule has 164 valence electrons. The molecule has 0 bridgehead atoms. The second-order valence-electron chi connectivity index (χ2n) is 8.17. The molecule has 32 heavy (non-hydrogen) atoms. The number of rotatable bonds is 5. The van der Waals surface area contributed by atoms with Crippen molar-refractivity contribution in [1.29, 1.82) is 0 Å². The van der Waals surface area contributed by atoms with Crippen LogP contribution in [0.3, 0.4) is 0 Å². The largest absolute Gasteiger partial charge is 0.696 e. The lowest BCUT2D eigenvalue weighted by atomic mass is 9.86. The van der Waals surface area contributed by atoms with Gasteiger partial charge < -0.3 is 9.30 Å². The molecule has 0 saturated heterocycles. The van der Waals surface area contributed by atoms with E-state index in [-0.39, 0.29) is 29.7 Å². The SMILES string of the molecule is CCCc1ccc2nc3c(cc2c1)Cn1c-3cc2c(c1=O)COC(=O)[C@@]2(CC)O[P+](=O)O. The minimum Gasteiger partial charge on any atom is -0.458 e. The van der Waals surface area contributed by atoms with Crippen molar-refractivity contribution < 1.29 is 23.5 Å². The maximum Gasteiger partial charge on any atom is 0.696 e. The summed E-state index contributed by atoms with van der Waals surface area (Å²) in [6, 6.07) is 9.91. The fraction of sp³-hybridized carbons (Fsp3) is 0.348. The third kappa shape index (κ3) is 3.02. The van der Waals surface area contributed by atoms with E-state index in [1.54, 1.807) is 17.6 Å². The van der Waals surface area contributed by atoms with E-state index in [0.717, 1.165) is 29.3 Å². The molecule has 1 unspecified atom stereocenters. The molecule has 0 fully saturated rings. The van der Waals surface area contributed by atoms with Crippen molar-refractivity contribution in [2.45, 2.75) is 51.9 Å². The average molecular weight is 453 g/mol. The quantitative estimate of drug-likeness (QED) is 0.363. The summed E-state index contributed by atoms with van der Waals surface area (Å²) in [5, 5.41) is 1.02. The number of carbonyl (C=O) groups excluding carboxylic acids is 1. The van der Waals surface area contributed by atoms with E-state index in [2.05, 4.69) is 25.1 Å². The molecule has 2 aliphatic heterocycles. The zero-order valence-electron chi connectivity index (χ0n) is 17.8. The van der Waals surface area contributed by atoms with E-state index in [0.29, 0.717) is 17.9 Å². The lowest BCUT2D eigenvalue weighted by Gasteiger charge is -2.31. The molecular formula is C23H22N2O6P+. The number of benzene rings is 1. The third-order valence-electron chi connectivity index (χ3n) is 6.31. The smallest absolute Gasteiger partial charge is 0.458 e. The molecular weight excluding hydrogens is 431 g/mol. The number of fused-ring (bicyclic) bond motifs is 5. The van der Waals surface area contributed by atoms with Crippen LogP contribution in [-0.2, 0) is 43.8 Å². The first-order valence-electron chi connectivity index (χ1n) is 10.6. The molecule has 1 N–H and O–H groups in total. The molecule has 1 aromatic carbocycles. The lowest BCUT2D eigenvalue weighted by molar-refractivity contribution is -0.169. The first kappa shape index (κ1) is 20.9. The Morgan fingerprint density at radius 1 is 1.25 bits per heavy atom. The molecule has 0 radical (unpaired) electrons. The first-order valence-corrected chi connectivity index (χ1v) is 11.7. The van der Waals surface area contributed by atoms with Gasteiger partial charge in [-0.2, -0.15) is 0 Å². The van der Waals surface area contributed by atoms with Crippen molar-refractivity contribution in [3.63, 3.8) is 0 Å². The molecule has 2 atom stereocenters. The number of esters is 1. The summed E-state index contributed by atoms with van der Waals surface area (Å²) in [4.78, 5) is 40.3. The predicted molar refractivity (Wildman–Crippen MR) is 117 cm³/mol. The highest BCUT2D eigenvalue weighted by atomic mass is 31.1. The summed E-state index contributed by atoms with van der Waals surface area (Å²) >= 11 is 0. The minimum absolute atomic E-state index is 0.0432. The Kier molecular flexibility index (Phi) is 4.97. The fourth-order valence-electron chi connectivity index (χ4n) is 4.75. The van der Waals surface area contributed by atoms with Crippen molar-refractivity contribution in [1.82, 2.24) is 9.55 Å². The van der Waals surface area contributed by atoms with Gasteiger partial charge in [0.1, 0.15) is 6.61 Å². The van der Waals surface area contributed by atoms with E-state index >= 15 is 0 Å². The fourth-order valence-corrected chi connectivity index (χ4v) is 5.32. The van der Waals surface area contributed by atoms with Crippen LogP contribution in [0.25, 0.3) is 22.3 Å². The highest BCUT2D eigenvalue weighted by molar-refractivity contribution is 7.32. The van der Waals surface area contributed by atoms with Gasteiger partial charge in [0.25, 0.3) is 5.56 Å². The molecule has 5 rings (SSSR count). The van der Waals surface area contributed by atoms with Crippen LogP contribution in [0.4, 0.5) is 0 Å². The summed E-state index contributed by atoms with van der Waals surface area (Å²) in [5.74, 6) is -0.776. The molecule has 4 heterocycles. The normalized spacial score (nSPS) is 19.3. The molecule has 8 nitrogen and oxygen atoms in total. The average Bonchev–Trinajstić information content (AvgIpc) is 3.12. The Labute approximate surface area is 184 Å². The van der Waals surface area contributed by atoms with E-state index in [1.165, 1.54) is 5.56 Å². The third-order valence-corrected chi connectivity index (χ3v) is 6.78. The Balaban J connectivity index is 1.72. The van der Waals surface area contributed by atoms with Gasteiger partial charge in [0.05, 0.1) is 29.0 Å². The summed E-state index contributed by atoms with van der Waals surface area (Å²) in [6.07, 6.45) is 2.08. The molecule has 2 aliphatic rings. The van der Waals surface area contributed by atoms with Crippen LogP contribution in [0.5, 0.6) is 0 Å². The number of nitrogens with zero attached hydrogens (tertiary/aromatic N) is 2. The van der Waals surface area contributed by atoms with Gasteiger partial charge in [-0.25, -0.2) is 9.78 Å². The van der Waals surface area contributed by atoms with Crippen LogP contribution in [0, 0.1) is 0 Å². The van der Waals surface area contributed by atoms with Gasteiger partial charge in [-0.15, -0.1) is 4.89 Å². The van der Waals surface area contributed by atoms with Gasteiger partial charge in [-0.05, 0) is 42.7 Å². The number of ether oxygens (including phenoxy) is 1. The van der Waals surface area contributed by atoms with Crippen LogP contribution in [0.1, 0.15) is 48.9 Å². The van der Waals surface area contributed by atoms with E-state index in [9.17, 15) is 19.0 Å². The number of aryl methyl sites for hydroxylation is 1. The first-order chi connectivity index (χ1) is 15.4. The number of carbonyl (C=O) groups is 1. The second kappa shape index (κ2) is 7.59. The van der Waals surface area contributed by atoms with Gasteiger partial charge in [0.15, 0.2) is 0 Å². The number of pyridine rings is 2. The van der Waals surface area contributed by atoms with Gasteiger partial charge in [-0.3, -0.25) is 4.79 Å². The van der Waals surface area contributed by atoms with Gasteiger partial charge >= 0.3 is 14.2 Å². The summed E-state index contributed by atoms with van der Waals surface area (Å²) in [7, 11) is -3.10. The highest BCUT2D eigenvalue weighted by Crippen LogP contribution is 2.44. The molecule has 3 aromatic rings. The van der Waals surface area contributed by atoms with E-state index in [4.69, 9.17) is 14.2 Å². The van der Waals surface area contributed by atoms with Crippen molar-refractivity contribution in [2.75, 3.05) is 0 Å². The standard InChI is InChI=1S/C23H21N2O6P/c1-3-5-13-6-7-18-14(8-13)9-15-11-25-19(20(15)24-18)10-17-16(21(25)26)12-30-22(27)23(17,4-2)31-32(28)29/h6-10H,3-5,11-12H2,1-2H3/p+1/t23-/m0/s1. The van der Waals surface area contributed by atoms with Crippen LogP contribution in [0.15, 0.2) is 35.1 Å². The number of hydrogen-bond donors (Lipinski definition) is 1. The molecule has 0 aliphatic carbocycles. The highest BCUT2D eigenvalue weighted by Gasteiger charge is 2.54. The monoisotopic (exact) mass is 453 g/mol. The van der Waals surface area contributed by atoms with Crippen LogP contribution < -0.4 is 5.56 Å². The topological polar surface area (TPSA) is 108 Å². The van der Waals surface area contributed by atoms with Crippen molar-refractivity contribution in [3.05, 3.63) is 62.9 Å². The molecule has 0 spiro atoms. The minimum atomic E-state index is -3.10. The van der Waals surface area contributed by atoms with Crippen LogP contribution >= 0.6 is 8.25 Å². The van der Waals surface area contributed by atoms with Crippen molar-refractivity contribution >= 4 is 25.1 Å². The zero-order chi connectivity index (χ0) is 22.6. The van der Waals surface area contributed by atoms with Crippen LogP contribution in [0.2, 0.25) is 0 Å². The number of cyclic esters (lactones) is 1. The zero-order valence-corrected chi connectivity index (χ0v) is 18.6. The van der Waals surface area contributed by atoms with Crippen LogP contribution in [-0.4, -0.2) is 20.4 Å². The molecule has 0 saturated carbocycles. The van der Waals surface area contributed by atoms with Gasteiger partial charge in [0, 0.05) is 21.1 Å². The lowest BCUT2D eigenvalue weighted by Crippen LogP contribution is -2.45. The summed E-state index contributed by atoms with van der Waals surface area (Å²) < 4.78 is 23.6. The predicted octanol–water partition coefficient (Wildman–Crippen LogP) is 3.71. The maximum absolute atomic E-state index is 13.4. The van der Waals surface area contributed by atoms with E-state index in [1.807, 2.05) is 6.07 Å². The maximum atomic E-state index is 13.4. The van der Waals surface area contributed by atoms with E-state index < -0.39 is 19.8 Å². The second-order valence-corrected chi connectivity index (χ2v) is 8.83. The van der Waals surface area contributed by atoms with Gasteiger partial charge in [-0.1, -0.05) is 30.9 Å². The number of hydrogen-bond acceptors (Lipinski definition) is 6. The van der Waals surface area contributed by atoms with Crippen molar-refractivity contribution in [3.8, 4) is 11.4 Å². The van der Waals surface area contributed by atoms with Gasteiger partial charge in [0.2, 0.25) is 5.60 Å². The Bertz CT molecular complexity index is 1360. The summed E-state index contributed by atoms with van der Waals surface area (Å²) in [6.45, 7) is 3.94.